The Bertz CT molecular complexity index is 1010. The van der Waals surface area contributed by atoms with Gasteiger partial charge in [-0.1, -0.05) is 59.8 Å². The number of carbonyl (C=O) groups excluding carboxylic acids is 1. The van der Waals surface area contributed by atoms with E-state index < -0.39 is 5.91 Å². The van der Waals surface area contributed by atoms with Gasteiger partial charge in [-0.15, -0.1) is 5.10 Å². The van der Waals surface area contributed by atoms with Gasteiger partial charge < -0.3 is 0 Å². The number of carbonyl (C=O) groups is 1. The number of amides is 1. The van der Waals surface area contributed by atoms with Crippen LogP contribution in [0, 0.1) is 0 Å². The van der Waals surface area contributed by atoms with Crippen molar-refractivity contribution in [1.82, 2.24) is 25.4 Å². The number of nitrogens with one attached hydrogen (secondary N) is 1. The van der Waals surface area contributed by atoms with Crippen molar-refractivity contribution in [3.8, 4) is 0 Å². The van der Waals surface area contributed by atoms with Crippen LogP contribution in [0.4, 0.5) is 0 Å². The molecule has 0 spiro atoms. The molecule has 1 aromatic heterocycles. The van der Waals surface area contributed by atoms with Gasteiger partial charge in [-0.2, -0.15) is 0 Å². The van der Waals surface area contributed by atoms with E-state index in [4.69, 9.17) is 5.21 Å². The van der Waals surface area contributed by atoms with Gasteiger partial charge in [0.15, 0.2) is 0 Å². The second-order valence-electron chi connectivity index (χ2n) is 7.81. The first-order valence-electron chi connectivity index (χ1n) is 10.6. The number of rotatable bonds is 8. The van der Waals surface area contributed by atoms with Crippen molar-refractivity contribution in [2.45, 2.75) is 31.8 Å². The van der Waals surface area contributed by atoms with Crippen LogP contribution in [0.2, 0.25) is 0 Å². The number of aromatic nitrogens is 3. The molecular formula is C24H27N5O2. The normalized spacial score (nSPS) is 16.7. The first-order chi connectivity index (χ1) is 15.2. The zero-order valence-electron chi connectivity index (χ0n) is 17.4. The summed E-state index contributed by atoms with van der Waals surface area (Å²) >= 11 is 0. The second-order valence-corrected chi connectivity index (χ2v) is 7.81. The van der Waals surface area contributed by atoms with E-state index in [9.17, 15) is 4.79 Å². The topological polar surface area (TPSA) is 83.3 Å². The van der Waals surface area contributed by atoms with Gasteiger partial charge >= 0.3 is 0 Å². The SMILES string of the molecule is O=C(C=Cc1ccc([C@@H]2CCCN2CCc2cn(Cc3ccccc3)nn2)cc1)NO. The minimum absolute atomic E-state index is 0.401. The quantitative estimate of drug-likeness (QED) is 0.334. The molecule has 2 heterocycles. The maximum atomic E-state index is 11.1. The standard InChI is InChI=1S/C24H27N5O2/c30-24(26-31)13-10-19-8-11-21(12-9-19)23-7-4-15-28(23)16-14-22-18-29(27-25-22)17-20-5-2-1-3-6-20/h1-3,5-6,8-13,18,23,31H,4,7,14-17H2,(H,26,30)/t23-/m0/s1. The zero-order valence-corrected chi connectivity index (χ0v) is 17.4. The van der Waals surface area contributed by atoms with Crippen LogP contribution in [-0.4, -0.2) is 44.1 Å². The maximum absolute atomic E-state index is 11.1. The fraction of sp³-hybridized carbons (Fsp3) is 0.292. The molecule has 1 saturated heterocycles. The molecule has 4 rings (SSSR count). The van der Waals surface area contributed by atoms with E-state index in [1.54, 1.807) is 11.6 Å². The summed E-state index contributed by atoms with van der Waals surface area (Å²) in [4.78, 5) is 13.6. The molecule has 1 aliphatic heterocycles. The van der Waals surface area contributed by atoms with Gasteiger partial charge in [-0.05, 0) is 42.2 Å². The van der Waals surface area contributed by atoms with Crippen LogP contribution in [0.15, 0.2) is 66.9 Å². The molecule has 0 radical (unpaired) electrons. The van der Waals surface area contributed by atoms with Crippen LogP contribution < -0.4 is 5.48 Å². The van der Waals surface area contributed by atoms with E-state index in [0.717, 1.165) is 43.7 Å². The maximum Gasteiger partial charge on any atom is 0.267 e. The smallest absolute Gasteiger partial charge is 0.267 e. The third kappa shape index (κ3) is 5.65. The molecule has 0 unspecified atom stereocenters. The minimum atomic E-state index is -0.535. The van der Waals surface area contributed by atoms with E-state index in [0.29, 0.717) is 6.04 Å². The highest BCUT2D eigenvalue weighted by Crippen LogP contribution is 2.32. The van der Waals surface area contributed by atoms with Gasteiger partial charge in [0.1, 0.15) is 0 Å². The van der Waals surface area contributed by atoms with Crippen molar-refractivity contribution in [2.24, 2.45) is 0 Å². The second kappa shape index (κ2) is 10.1. The van der Waals surface area contributed by atoms with Crippen LogP contribution in [0.5, 0.6) is 0 Å². The lowest BCUT2D eigenvalue weighted by Gasteiger charge is -2.24. The third-order valence-electron chi connectivity index (χ3n) is 5.65. The minimum Gasteiger partial charge on any atom is -0.296 e. The monoisotopic (exact) mass is 417 g/mol. The molecule has 31 heavy (non-hydrogen) atoms. The number of hydrogen-bond acceptors (Lipinski definition) is 5. The zero-order chi connectivity index (χ0) is 21.5. The summed E-state index contributed by atoms with van der Waals surface area (Å²) in [5.41, 5.74) is 6.04. The highest BCUT2D eigenvalue weighted by atomic mass is 16.5. The predicted octanol–water partition coefficient (Wildman–Crippen LogP) is 3.22. The summed E-state index contributed by atoms with van der Waals surface area (Å²) in [6.07, 6.45) is 8.24. The van der Waals surface area contributed by atoms with Crippen LogP contribution in [0.25, 0.3) is 6.08 Å². The van der Waals surface area contributed by atoms with E-state index in [-0.39, 0.29) is 0 Å². The summed E-state index contributed by atoms with van der Waals surface area (Å²) in [6, 6.07) is 18.9. The molecule has 2 aromatic carbocycles. The molecule has 1 aliphatic rings. The van der Waals surface area contributed by atoms with E-state index in [2.05, 4.69) is 39.5 Å². The van der Waals surface area contributed by atoms with Crippen molar-refractivity contribution >= 4 is 12.0 Å². The van der Waals surface area contributed by atoms with E-state index in [1.807, 2.05) is 41.2 Å². The molecular weight excluding hydrogens is 390 g/mol. The fourth-order valence-corrected chi connectivity index (χ4v) is 4.07. The number of benzene rings is 2. The average molecular weight is 418 g/mol. The molecule has 7 nitrogen and oxygen atoms in total. The van der Waals surface area contributed by atoms with Gasteiger partial charge in [0.05, 0.1) is 12.2 Å². The molecule has 1 amide bonds. The van der Waals surface area contributed by atoms with Crippen LogP contribution in [0.1, 0.15) is 41.3 Å². The molecule has 1 atom stereocenters. The molecule has 2 N–H and O–H groups in total. The molecule has 7 heteroatoms. The Morgan fingerprint density at radius 1 is 1.16 bits per heavy atom. The van der Waals surface area contributed by atoms with Gasteiger partial charge in [0.2, 0.25) is 0 Å². The van der Waals surface area contributed by atoms with Crippen LogP contribution >= 0.6 is 0 Å². The Kier molecular flexibility index (Phi) is 6.86. The molecule has 1 fully saturated rings. The first kappa shape index (κ1) is 21.0. The number of likely N-dealkylation sites (tertiary alicyclic amines) is 1. The molecule has 0 aliphatic carbocycles. The number of hydroxylamine groups is 1. The van der Waals surface area contributed by atoms with E-state index in [1.165, 1.54) is 23.6 Å². The number of hydrogen-bond donors (Lipinski definition) is 2. The summed E-state index contributed by atoms with van der Waals surface area (Å²) in [5.74, 6) is -0.535. The lowest BCUT2D eigenvalue weighted by atomic mass is 10.0. The Morgan fingerprint density at radius 3 is 2.74 bits per heavy atom. The molecule has 0 saturated carbocycles. The summed E-state index contributed by atoms with van der Waals surface area (Å²) in [7, 11) is 0. The Balaban J connectivity index is 1.33. The Labute approximate surface area is 182 Å². The third-order valence-corrected chi connectivity index (χ3v) is 5.65. The summed E-state index contributed by atoms with van der Waals surface area (Å²) in [5, 5.41) is 17.2. The van der Waals surface area contributed by atoms with Crippen LogP contribution in [-0.2, 0) is 17.8 Å². The highest BCUT2D eigenvalue weighted by molar-refractivity contribution is 5.90. The van der Waals surface area contributed by atoms with Crippen LogP contribution in [0.3, 0.4) is 0 Å². The predicted molar refractivity (Wildman–Crippen MR) is 118 cm³/mol. The Morgan fingerprint density at radius 2 is 1.97 bits per heavy atom. The van der Waals surface area contributed by atoms with Crippen molar-refractivity contribution in [3.63, 3.8) is 0 Å². The summed E-state index contributed by atoms with van der Waals surface area (Å²) in [6.45, 7) is 2.77. The van der Waals surface area contributed by atoms with Gasteiger partial charge in [0, 0.05) is 31.3 Å². The van der Waals surface area contributed by atoms with Crippen molar-refractivity contribution in [3.05, 3.63) is 89.3 Å². The van der Waals surface area contributed by atoms with Crippen molar-refractivity contribution in [2.75, 3.05) is 13.1 Å². The largest absolute Gasteiger partial charge is 0.296 e. The Hall–Kier alpha value is -3.29. The molecule has 0 bridgehead atoms. The fourth-order valence-electron chi connectivity index (χ4n) is 4.07. The van der Waals surface area contributed by atoms with Gasteiger partial charge in [-0.3, -0.25) is 14.9 Å². The molecule has 3 aromatic rings. The first-order valence-corrected chi connectivity index (χ1v) is 10.6. The molecule has 160 valence electrons. The highest BCUT2D eigenvalue weighted by Gasteiger charge is 2.25. The lowest BCUT2D eigenvalue weighted by molar-refractivity contribution is -0.124. The summed E-state index contributed by atoms with van der Waals surface area (Å²) < 4.78 is 1.90. The van der Waals surface area contributed by atoms with Gasteiger partial charge in [-0.25, -0.2) is 10.2 Å². The van der Waals surface area contributed by atoms with Crippen molar-refractivity contribution < 1.29 is 10.0 Å². The van der Waals surface area contributed by atoms with E-state index >= 15 is 0 Å². The van der Waals surface area contributed by atoms with Gasteiger partial charge in [0.25, 0.3) is 5.91 Å². The lowest BCUT2D eigenvalue weighted by Crippen LogP contribution is -2.25. The average Bonchev–Trinajstić information content (AvgIpc) is 3.46. The van der Waals surface area contributed by atoms with Crippen molar-refractivity contribution in [1.29, 1.82) is 0 Å². The number of nitrogens with zero attached hydrogens (tertiary/aromatic N) is 4.